The zero-order valence-electron chi connectivity index (χ0n) is 18.1. The first-order valence-corrected chi connectivity index (χ1v) is 11.0. The van der Waals surface area contributed by atoms with E-state index in [1.807, 2.05) is 6.92 Å². The van der Waals surface area contributed by atoms with Crippen molar-refractivity contribution in [2.45, 2.75) is 58.0 Å². The highest BCUT2D eigenvalue weighted by Crippen LogP contribution is 2.20. The van der Waals surface area contributed by atoms with Gasteiger partial charge in [-0.15, -0.1) is 5.10 Å². The van der Waals surface area contributed by atoms with Gasteiger partial charge in [-0.05, 0) is 55.7 Å². The molecule has 1 heterocycles. The minimum Gasteiger partial charge on any atom is -0.349 e. The summed E-state index contributed by atoms with van der Waals surface area (Å²) in [6, 6.07) is 12.5. The highest BCUT2D eigenvalue weighted by Gasteiger charge is 2.17. The van der Waals surface area contributed by atoms with Crippen LogP contribution < -0.4 is 16.2 Å². The number of nitrogens with one attached hydrogen (secondary N) is 2. The summed E-state index contributed by atoms with van der Waals surface area (Å²) in [5.41, 5.74) is 2.29. The second kappa shape index (κ2) is 9.72. The first-order chi connectivity index (χ1) is 15.5. The smallest absolute Gasteiger partial charge is 0.277 e. The van der Waals surface area contributed by atoms with Gasteiger partial charge in [0.1, 0.15) is 5.52 Å². The highest BCUT2D eigenvalue weighted by molar-refractivity contribution is 5.96. The van der Waals surface area contributed by atoms with Crippen molar-refractivity contribution in [1.29, 1.82) is 0 Å². The fourth-order valence-electron chi connectivity index (χ4n) is 4.05. The second-order valence-corrected chi connectivity index (χ2v) is 8.27. The normalized spacial score (nSPS) is 14.3. The molecule has 0 saturated heterocycles. The van der Waals surface area contributed by atoms with Gasteiger partial charge in [0.25, 0.3) is 11.5 Å². The van der Waals surface area contributed by atoms with Gasteiger partial charge in [0.05, 0.1) is 11.9 Å². The van der Waals surface area contributed by atoms with E-state index in [1.165, 1.54) is 11.1 Å². The maximum atomic E-state index is 12.5. The number of carbonyl (C=O) groups is 2. The average molecular weight is 434 g/mol. The van der Waals surface area contributed by atoms with Gasteiger partial charge in [0.15, 0.2) is 0 Å². The number of amides is 2. The maximum absolute atomic E-state index is 12.5. The van der Waals surface area contributed by atoms with Crippen molar-refractivity contribution in [2.75, 3.05) is 5.32 Å². The molecule has 0 bridgehead atoms. The Kier molecular flexibility index (Phi) is 6.58. The van der Waals surface area contributed by atoms with Crippen LogP contribution in [-0.4, -0.2) is 32.9 Å². The molecule has 1 fully saturated rings. The molecule has 2 aromatic carbocycles. The van der Waals surface area contributed by atoms with E-state index in [1.54, 1.807) is 42.5 Å². The number of nitrogens with zero attached hydrogens (tertiary/aromatic N) is 3. The van der Waals surface area contributed by atoms with E-state index in [2.05, 4.69) is 20.9 Å². The fraction of sp³-hybridized carbons (Fsp3) is 0.375. The summed E-state index contributed by atoms with van der Waals surface area (Å²) in [6.07, 6.45) is 5.70. The molecule has 0 aliphatic heterocycles. The van der Waals surface area contributed by atoms with Crippen molar-refractivity contribution in [2.24, 2.45) is 0 Å². The van der Waals surface area contributed by atoms with Crippen LogP contribution in [0.5, 0.6) is 0 Å². The molecule has 0 radical (unpaired) electrons. The lowest BCUT2D eigenvalue weighted by atomic mass is 9.95. The number of anilines is 1. The lowest BCUT2D eigenvalue weighted by Crippen LogP contribution is -2.36. The number of fused-ring (bicyclic) bond motifs is 1. The average Bonchev–Trinajstić information content (AvgIpc) is 2.81. The SMILES string of the molecule is Cc1cc(C(=O)NC2CCCCC2)ccc1NC(=O)CCn1nnc2ccccc2c1=O. The molecular weight excluding hydrogens is 406 g/mol. The lowest BCUT2D eigenvalue weighted by Gasteiger charge is -2.23. The van der Waals surface area contributed by atoms with E-state index in [0.29, 0.717) is 22.2 Å². The summed E-state index contributed by atoms with van der Waals surface area (Å²) in [4.78, 5) is 37.5. The minimum atomic E-state index is -0.270. The Labute approximate surface area is 186 Å². The fourth-order valence-corrected chi connectivity index (χ4v) is 4.05. The molecule has 166 valence electrons. The number of aryl methyl sites for hydroxylation is 2. The number of hydrogen-bond donors (Lipinski definition) is 2. The molecule has 1 aromatic heterocycles. The predicted molar refractivity (Wildman–Crippen MR) is 123 cm³/mol. The van der Waals surface area contributed by atoms with E-state index < -0.39 is 0 Å². The van der Waals surface area contributed by atoms with Crippen LogP contribution in [0.3, 0.4) is 0 Å². The number of hydrogen-bond acceptors (Lipinski definition) is 5. The van der Waals surface area contributed by atoms with Crippen LogP contribution in [0.15, 0.2) is 47.3 Å². The van der Waals surface area contributed by atoms with Crippen molar-refractivity contribution in [1.82, 2.24) is 20.3 Å². The summed E-state index contributed by atoms with van der Waals surface area (Å²) in [5.74, 6) is -0.318. The van der Waals surface area contributed by atoms with Gasteiger partial charge in [0.2, 0.25) is 5.91 Å². The molecule has 4 rings (SSSR count). The Bertz CT molecular complexity index is 1200. The van der Waals surface area contributed by atoms with Crippen LogP contribution in [0.2, 0.25) is 0 Å². The summed E-state index contributed by atoms with van der Waals surface area (Å²) >= 11 is 0. The summed E-state index contributed by atoms with van der Waals surface area (Å²) in [6.45, 7) is 1.98. The minimum absolute atomic E-state index is 0.0767. The van der Waals surface area contributed by atoms with Gasteiger partial charge < -0.3 is 10.6 Å². The Morgan fingerprint density at radius 2 is 1.88 bits per heavy atom. The monoisotopic (exact) mass is 433 g/mol. The first kappa shape index (κ1) is 21.7. The number of benzene rings is 2. The Morgan fingerprint density at radius 1 is 1.09 bits per heavy atom. The molecule has 32 heavy (non-hydrogen) atoms. The van der Waals surface area contributed by atoms with Crippen LogP contribution in [0.4, 0.5) is 5.69 Å². The third-order valence-corrected chi connectivity index (χ3v) is 5.88. The Balaban J connectivity index is 1.35. The Morgan fingerprint density at radius 3 is 2.66 bits per heavy atom. The van der Waals surface area contributed by atoms with Crippen LogP contribution in [-0.2, 0) is 11.3 Å². The van der Waals surface area contributed by atoms with Gasteiger partial charge in [-0.25, -0.2) is 4.68 Å². The van der Waals surface area contributed by atoms with Gasteiger partial charge >= 0.3 is 0 Å². The second-order valence-electron chi connectivity index (χ2n) is 8.27. The van der Waals surface area contributed by atoms with Gasteiger partial charge in [0, 0.05) is 23.7 Å². The van der Waals surface area contributed by atoms with E-state index in [9.17, 15) is 14.4 Å². The van der Waals surface area contributed by atoms with Crippen LogP contribution in [0.1, 0.15) is 54.4 Å². The predicted octanol–water partition coefficient (Wildman–Crippen LogP) is 3.19. The molecule has 2 amide bonds. The molecule has 0 spiro atoms. The third kappa shape index (κ3) is 5.01. The maximum Gasteiger partial charge on any atom is 0.277 e. The zero-order chi connectivity index (χ0) is 22.5. The number of rotatable bonds is 6. The highest BCUT2D eigenvalue weighted by atomic mass is 16.2. The first-order valence-electron chi connectivity index (χ1n) is 11.0. The summed E-state index contributed by atoms with van der Waals surface area (Å²) in [5, 5.41) is 14.4. The lowest BCUT2D eigenvalue weighted by molar-refractivity contribution is -0.116. The van der Waals surface area contributed by atoms with Crippen molar-refractivity contribution < 1.29 is 9.59 Å². The third-order valence-electron chi connectivity index (χ3n) is 5.88. The molecule has 8 nitrogen and oxygen atoms in total. The molecule has 0 unspecified atom stereocenters. The van der Waals surface area contributed by atoms with Crippen LogP contribution in [0, 0.1) is 6.92 Å². The van der Waals surface area contributed by atoms with Gasteiger partial charge in [-0.3, -0.25) is 14.4 Å². The molecule has 8 heteroatoms. The van der Waals surface area contributed by atoms with E-state index in [0.717, 1.165) is 31.2 Å². The van der Waals surface area contributed by atoms with Crippen molar-refractivity contribution in [3.63, 3.8) is 0 Å². The van der Waals surface area contributed by atoms with Gasteiger partial charge in [-0.2, -0.15) is 0 Å². The molecule has 3 aromatic rings. The standard InChI is InChI=1S/C24H27N5O3/c1-16-15-17(23(31)25-18-7-3-2-4-8-18)11-12-20(16)26-22(30)13-14-29-24(32)19-9-5-6-10-21(19)27-28-29/h5-6,9-12,15,18H,2-4,7-8,13-14H2,1H3,(H,25,31)(H,26,30). The molecule has 0 atom stereocenters. The molecule has 1 aliphatic carbocycles. The van der Waals surface area contributed by atoms with E-state index in [4.69, 9.17) is 0 Å². The molecule has 1 aliphatic rings. The van der Waals surface area contributed by atoms with E-state index in [-0.39, 0.29) is 36.4 Å². The summed E-state index contributed by atoms with van der Waals surface area (Å²) < 4.78 is 1.20. The zero-order valence-corrected chi connectivity index (χ0v) is 18.1. The van der Waals surface area contributed by atoms with Gasteiger partial charge in [-0.1, -0.05) is 36.6 Å². The molecule has 1 saturated carbocycles. The van der Waals surface area contributed by atoms with Crippen molar-refractivity contribution >= 4 is 28.4 Å². The quantitative estimate of drug-likeness (QED) is 0.621. The van der Waals surface area contributed by atoms with E-state index >= 15 is 0 Å². The van der Waals surface area contributed by atoms with Crippen molar-refractivity contribution in [3.8, 4) is 0 Å². The van der Waals surface area contributed by atoms with Crippen LogP contribution >= 0.6 is 0 Å². The topological polar surface area (TPSA) is 106 Å². The largest absolute Gasteiger partial charge is 0.349 e. The van der Waals surface area contributed by atoms with Crippen LogP contribution in [0.25, 0.3) is 10.9 Å². The Hall–Kier alpha value is -3.55. The number of carbonyl (C=O) groups excluding carboxylic acids is 2. The van der Waals surface area contributed by atoms with Crippen molar-refractivity contribution in [3.05, 3.63) is 63.9 Å². The summed E-state index contributed by atoms with van der Waals surface area (Å²) in [7, 11) is 0. The number of aromatic nitrogens is 3. The molecular formula is C24H27N5O3. The molecule has 2 N–H and O–H groups in total.